The molecule has 0 spiro atoms. The molecule has 4 aromatic rings. The second-order valence-electron chi connectivity index (χ2n) is 8.14. The van der Waals surface area contributed by atoms with Crippen LogP contribution >= 0.6 is 0 Å². The fourth-order valence-electron chi connectivity index (χ4n) is 4.00. The van der Waals surface area contributed by atoms with Crippen molar-refractivity contribution in [3.63, 3.8) is 0 Å². The van der Waals surface area contributed by atoms with Crippen molar-refractivity contribution in [3.8, 4) is 11.5 Å². The molecule has 0 aromatic heterocycles. The van der Waals surface area contributed by atoms with Crippen LogP contribution in [0.1, 0.15) is 42.1 Å². The van der Waals surface area contributed by atoms with Gasteiger partial charge >= 0.3 is 0 Å². The van der Waals surface area contributed by atoms with E-state index in [-0.39, 0.29) is 17.8 Å². The Morgan fingerprint density at radius 3 is 2.23 bits per heavy atom. The van der Waals surface area contributed by atoms with Gasteiger partial charge < -0.3 is 15.2 Å². The van der Waals surface area contributed by atoms with Crippen LogP contribution in [0.25, 0.3) is 0 Å². The SMILES string of the molecule is CCC(NC(c1ccc(OC)cc1)c1cccc(Nc2c(O)c(=O)c2=O)c1)c1ccc(F)c(F)c1. The molecule has 35 heavy (non-hydrogen) atoms. The van der Waals surface area contributed by atoms with Gasteiger partial charge in [-0.05, 0) is 59.5 Å². The largest absolute Gasteiger partial charge is 0.502 e. The third-order valence-electron chi connectivity index (χ3n) is 5.95. The molecule has 2 atom stereocenters. The Hall–Kier alpha value is -4.04. The molecule has 4 aromatic carbocycles. The number of hydrogen-bond donors (Lipinski definition) is 3. The van der Waals surface area contributed by atoms with Gasteiger partial charge in [-0.1, -0.05) is 37.3 Å². The smallest absolute Gasteiger partial charge is 0.271 e. The van der Waals surface area contributed by atoms with Crippen LogP contribution < -0.4 is 26.2 Å². The van der Waals surface area contributed by atoms with E-state index < -0.39 is 28.2 Å². The fourth-order valence-corrected chi connectivity index (χ4v) is 4.00. The zero-order valence-corrected chi connectivity index (χ0v) is 19.1. The predicted molar refractivity (Wildman–Crippen MR) is 130 cm³/mol. The summed E-state index contributed by atoms with van der Waals surface area (Å²) >= 11 is 0. The van der Waals surface area contributed by atoms with Gasteiger partial charge in [0.15, 0.2) is 17.4 Å². The van der Waals surface area contributed by atoms with Crippen LogP contribution in [0.4, 0.5) is 20.2 Å². The molecule has 180 valence electrons. The Bertz CT molecular complexity index is 1410. The number of rotatable bonds is 9. The molecule has 0 amide bonds. The second-order valence-corrected chi connectivity index (χ2v) is 8.14. The molecule has 8 heteroatoms. The van der Waals surface area contributed by atoms with Crippen molar-refractivity contribution in [2.75, 3.05) is 12.4 Å². The van der Waals surface area contributed by atoms with E-state index in [9.17, 15) is 23.5 Å². The highest BCUT2D eigenvalue weighted by molar-refractivity contribution is 5.69. The van der Waals surface area contributed by atoms with Crippen molar-refractivity contribution in [2.24, 2.45) is 0 Å². The van der Waals surface area contributed by atoms with Crippen molar-refractivity contribution in [2.45, 2.75) is 25.4 Å². The van der Waals surface area contributed by atoms with Crippen LogP contribution in [-0.4, -0.2) is 12.2 Å². The molecule has 0 bridgehead atoms. The maximum atomic E-state index is 13.9. The summed E-state index contributed by atoms with van der Waals surface area (Å²) in [6.45, 7) is 1.94. The van der Waals surface area contributed by atoms with Gasteiger partial charge in [-0.2, -0.15) is 0 Å². The topological polar surface area (TPSA) is 87.7 Å². The minimum atomic E-state index is -0.918. The zero-order chi connectivity index (χ0) is 25.1. The van der Waals surface area contributed by atoms with E-state index >= 15 is 0 Å². The van der Waals surface area contributed by atoms with Gasteiger partial charge in [0.1, 0.15) is 11.4 Å². The summed E-state index contributed by atoms with van der Waals surface area (Å²) in [7, 11) is 1.58. The number of halogens is 2. The van der Waals surface area contributed by atoms with Crippen molar-refractivity contribution >= 4 is 11.4 Å². The van der Waals surface area contributed by atoms with Gasteiger partial charge in [-0.3, -0.25) is 14.9 Å². The predicted octanol–water partition coefficient (Wildman–Crippen LogP) is 4.85. The van der Waals surface area contributed by atoms with E-state index in [1.807, 2.05) is 37.3 Å². The highest BCUT2D eigenvalue weighted by atomic mass is 19.2. The first-order valence-corrected chi connectivity index (χ1v) is 11.1. The summed E-state index contributed by atoms with van der Waals surface area (Å²) in [6, 6.07) is 17.8. The van der Waals surface area contributed by atoms with Crippen LogP contribution in [0, 0.1) is 11.6 Å². The Morgan fingerprint density at radius 2 is 1.60 bits per heavy atom. The van der Waals surface area contributed by atoms with Crippen molar-refractivity contribution in [1.82, 2.24) is 5.32 Å². The molecule has 0 aliphatic rings. The number of ether oxygens (including phenoxy) is 1. The quantitative estimate of drug-likeness (QED) is 0.298. The first kappa shape index (κ1) is 24.1. The maximum Gasteiger partial charge on any atom is 0.271 e. The molecule has 0 aliphatic heterocycles. The van der Waals surface area contributed by atoms with E-state index in [0.717, 1.165) is 17.2 Å². The minimum Gasteiger partial charge on any atom is -0.502 e. The van der Waals surface area contributed by atoms with Crippen LogP contribution in [-0.2, 0) is 0 Å². The average molecular weight is 478 g/mol. The van der Waals surface area contributed by atoms with Crippen LogP contribution in [0.15, 0.2) is 76.3 Å². The molecule has 2 unspecified atom stereocenters. The Morgan fingerprint density at radius 1 is 0.886 bits per heavy atom. The number of hydrogen-bond acceptors (Lipinski definition) is 6. The van der Waals surface area contributed by atoms with Crippen LogP contribution in [0.5, 0.6) is 11.5 Å². The number of benzene rings is 3. The molecule has 0 radical (unpaired) electrons. The third-order valence-corrected chi connectivity index (χ3v) is 5.95. The van der Waals surface area contributed by atoms with Gasteiger partial charge in [0, 0.05) is 11.7 Å². The fraction of sp³-hybridized carbons (Fsp3) is 0.185. The summed E-state index contributed by atoms with van der Waals surface area (Å²) in [5.41, 5.74) is 0.967. The standard InChI is InChI=1S/C27H24F2N2O4/c1-3-22(16-9-12-20(28)21(29)14-16)31-23(15-7-10-19(35-2)11-8-15)17-5-4-6-18(13-17)30-24-25(32)27(34)26(24)33/h4-14,22-23,30-32H,3H2,1-2H3. The van der Waals surface area contributed by atoms with E-state index in [2.05, 4.69) is 10.6 Å². The average Bonchev–Trinajstić information content (AvgIpc) is 2.89. The van der Waals surface area contributed by atoms with Crippen molar-refractivity contribution in [1.29, 1.82) is 0 Å². The Kier molecular flexibility index (Phi) is 6.93. The second kappa shape index (κ2) is 10.1. The summed E-state index contributed by atoms with van der Waals surface area (Å²) in [5, 5.41) is 16.0. The monoisotopic (exact) mass is 478 g/mol. The highest BCUT2D eigenvalue weighted by Crippen LogP contribution is 2.31. The lowest BCUT2D eigenvalue weighted by Crippen LogP contribution is -2.32. The molecular formula is C27H24F2N2O4. The summed E-state index contributed by atoms with van der Waals surface area (Å²) in [6.07, 6.45) is 0.604. The van der Waals surface area contributed by atoms with Crippen molar-refractivity contribution in [3.05, 3.63) is 116 Å². The number of anilines is 2. The lowest BCUT2D eigenvalue weighted by atomic mass is 9.95. The molecule has 6 nitrogen and oxygen atoms in total. The van der Waals surface area contributed by atoms with E-state index in [1.165, 1.54) is 6.07 Å². The molecule has 4 rings (SSSR count). The molecule has 0 heterocycles. The number of methoxy groups -OCH3 is 1. The van der Waals surface area contributed by atoms with Gasteiger partial charge in [-0.15, -0.1) is 0 Å². The lowest BCUT2D eigenvalue weighted by Gasteiger charge is -2.27. The van der Waals surface area contributed by atoms with E-state index in [0.29, 0.717) is 23.4 Å². The number of aromatic hydroxyl groups is 1. The van der Waals surface area contributed by atoms with Crippen LogP contribution in [0.2, 0.25) is 0 Å². The van der Waals surface area contributed by atoms with E-state index in [1.54, 1.807) is 31.4 Å². The highest BCUT2D eigenvalue weighted by Gasteiger charge is 2.23. The van der Waals surface area contributed by atoms with Gasteiger partial charge in [-0.25, -0.2) is 8.78 Å². The summed E-state index contributed by atoms with van der Waals surface area (Å²) < 4.78 is 32.7. The molecule has 0 saturated carbocycles. The molecule has 3 N–H and O–H groups in total. The first-order valence-electron chi connectivity index (χ1n) is 11.1. The molecule has 0 aliphatic carbocycles. The molecule has 0 fully saturated rings. The molecular weight excluding hydrogens is 454 g/mol. The summed E-state index contributed by atoms with van der Waals surface area (Å²) in [4.78, 5) is 23.1. The van der Waals surface area contributed by atoms with Crippen LogP contribution in [0.3, 0.4) is 0 Å². The number of nitrogens with one attached hydrogen (secondary N) is 2. The first-order chi connectivity index (χ1) is 16.8. The third kappa shape index (κ3) is 4.93. The van der Waals surface area contributed by atoms with Gasteiger partial charge in [0.2, 0.25) is 0 Å². The van der Waals surface area contributed by atoms with E-state index in [4.69, 9.17) is 4.74 Å². The Balaban J connectivity index is 1.71. The minimum absolute atomic E-state index is 0.144. The van der Waals surface area contributed by atoms with Gasteiger partial charge in [0.05, 0.1) is 13.2 Å². The maximum absolute atomic E-state index is 13.9. The van der Waals surface area contributed by atoms with Crippen molar-refractivity contribution < 1.29 is 18.6 Å². The van der Waals surface area contributed by atoms with Gasteiger partial charge in [0.25, 0.3) is 10.9 Å². The molecule has 0 saturated heterocycles. The Labute approximate surface area is 200 Å². The lowest BCUT2D eigenvalue weighted by molar-refractivity contribution is 0.414. The zero-order valence-electron chi connectivity index (χ0n) is 19.1. The summed E-state index contributed by atoms with van der Waals surface area (Å²) in [5.74, 6) is -1.72. The normalized spacial score (nSPS) is 12.9.